The summed E-state index contributed by atoms with van der Waals surface area (Å²) >= 11 is 0. The minimum Gasteiger partial charge on any atom is -0.388 e. The van der Waals surface area contributed by atoms with Crippen LogP contribution in [0.2, 0.25) is 0 Å². The second-order valence-corrected chi connectivity index (χ2v) is 5.44. The monoisotopic (exact) mass is 254 g/mol. The molecule has 0 saturated heterocycles. The van der Waals surface area contributed by atoms with Gasteiger partial charge in [-0.05, 0) is 30.2 Å². The van der Waals surface area contributed by atoms with Crippen molar-refractivity contribution < 1.29 is 13.9 Å². The molecular formula is C15H20F2O. The van der Waals surface area contributed by atoms with Crippen LogP contribution < -0.4 is 0 Å². The van der Waals surface area contributed by atoms with Gasteiger partial charge in [-0.3, -0.25) is 0 Å². The van der Waals surface area contributed by atoms with E-state index in [1.165, 1.54) is 18.6 Å². The average Bonchev–Trinajstić information content (AvgIpc) is 2.38. The summed E-state index contributed by atoms with van der Waals surface area (Å²) < 4.78 is 24.9. The molecule has 18 heavy (non-hydrogen) atoms. The van der Waals surface area contributed by atoms with Gasteiger partial charge in [0.05, 0.1) is 6.10 Å². The number of benzene rings is 1. The van der Waals surface area contributed by atoms with Crippen LogP contribution in [0.3, 0.4) is 0 Å². The van der Waals surface area contributed by atoms with Gasteiger partial charge in [0.2, 0.25) is 0 Å². The third-order valence-electron chi connectivity index (χ3n) is 3.95. The molecule has 0 radical (unpaired) electrons. The summed E-state index contributed by atoms with van der Waals surface area (Å²) in [6, 6.07) is 6.09. The van der Waals surface area contributed by atoms with E-state index in [1.54, 1.807) is 12.1 Å². The maximum atomic E-state index is 12.4. The van der Waals surface area contributed by atoms with E-state index in [9.17, 15) is 13.9 Å². The highest BCUT2D eigenvalue weighted by molar-refractivity contribution is 5.25. The Morgan fingerprint density at radius 3 is 2.28 bits per heavy atom. The Hall–Kier alpha value is -0.960. The van der Waals surface area contributed by atoms with Crippen molar-refractivity contribution in [3.05, 3.63) is 35.4 Å². The molecule has 100 valence electrons. The van der Waals surface area contributed by atoms with Gasteiger partial charge in [0.25, 0.3) is 6.43 Å². The molecule has 1 aromatic rings. The molecule has 0 heterocycles. The Labute approximate surface area is 107 Å². The van der Waals surface area contributed by atoms with Crippen molar-refractivity contribution >= 4 is 0 Å². The lowest BCUT2D eigenvalue weighted by atomic mass is 9.78. The molecule has 0 aromatic heterocycles. The maximum Gasteiger partial charge on any atom is 0.263 e. The summed E-state index contributed by atoms with van der Waals surface area (Å²) in [4.78, 5) is 0. The van der Waals surface area contributed by atoms with Gasteiger partial charge in [-0.25, -0.2) is 8.78 Å². The number of halogens is 2. The van der Waals surface area contributed by atoms with E-state index < -0.39 is 12.5 Å². The lowest BCUT2D eigenvalue weighted by molar-refractivity contribution is 0.0713. The van der Waals surface area contributed by atoms with Crippen molar-refractivity contribution in [2.45, 2.75) is 45.1 Å². The fourth-order valence-electron chi connectivity index (χ4n) is 2.88. The minimum atomic E-state index is -2.44. The summed E-state index contributed by atoms with van der Waals surface area (Å²) in [7, 11) is 0. The first-order valence-corrected chi connectivity index (χ1v) is 6.64. The zero-order valence-corrected chi connectivity index (χ0v) is 10.7. The van der Waals surface area contributed by atoms with Crippen LogP contribution in [0, 0.1) is 11.8 Å². The number of hydrogen-bond donors (Lipinski definition) is 1. The summed E-state index contributed by atoms with van der Waals surface area (Å²) in [6.45, 7) is 2.21. The summed E-state index contributed by atoms with van der Waals surface area (Å²) in [5.74, 6) is 0.921. The molecule has 3 heteroatoms. The van der Waals surface area contributed by atoms with Crippen molar-refractivity contribution in [2.75, 3.05) is 0 Å². The quantitative estimate of drug-likeness (QED) is 0.843. The SMILES string of the molecule is CC1CCCC(C(O)c2ccc(C(F)F)cc2)C1. The molecule has 1 N–H and O–H groups in total. The summed E-state index contributed by atoms with van der Waals surface area (Å²) in [5.41, 5.74) is 0.779. The number of hydrogen-bond acceptors (Lipinski definition) is 1. The molecule has 0 bridgehead atoms. The van der Waals surface area contributed by atoms with Crippen LogP contribution in [-0.2, 0) is 0 Å². The van der Waals surface area contributed by atoms with Gasteiger partial charge in [-0.15, -0.1) is 0 Å². The van der Waals surface area contributed by atoms with Crippen LogP contribution in [-0.4, -0.2) is 5.11 Å². The number of rotatable bonds is 3. The molecule has 0 amide bonds. The molecule has 0 spiro atoms. The molecule has 1 aliphatic rings. The van der Waals surface area contributed by atoms with Crippen molar-refractivity contribution in [3.8, 4) is 0 Å². The second-order valence-electron chi connectivity index (χ2n) is 5.44. The molecule has 3 unspecified atom stereocenters. The Morgan fingerprint density at radius 1 is 1.11 bits per heavy atom. The molecule has 1 fully saturated rings. The van der Waals surface area contributed by atoms with E-state index in [1.807, 2.05) is 0 Å². The van der Waals surface area contributed by atoms with Gasteiger partial charge in [-0.2, -0.15) is 0 Å². The third-order valence-corrected chi connectivity index (χ3v) is 3.95. The average molecular weight is 254 g/mol. The lowest BCUT2D eigenvalue weighted by Gasteiger charge is -2.30. The smallest absolute Gasteiger partial charge is 0.263 e. The van der Waals surface area contributed by atoms with Crippen molar-refractivity contribution in [1.82, 2.24) is 0 Å². The zero-order chi connectivity index (χ0) is 13.1. The first-order chi connectivity index (χ1) is 8.58. The highest BCUT2D eigenvalue weighted by atomic mass is 19.3. The number of aliphatic hydroxyl groups is 1. The molecule has 1 aliphatic carbocycles. The highest BCUT2D eigenvalue weighted by Gasteiger charge is 2.26. The van der Waals surface area contributed by atoms with Gasteiger partial charge >= 0.3 is 0 Å². The maximum absolute atomic E-state index is 12.4. The van der Waals surface area contributed by atoms with Crippen LogP contribution in [0.4, 0.5) is 8.78 Å². The Balaban J connectivity index is 2.05. The third kappa shape index (κ3) is 3.08. The fraction of sp³-hybridized carbons (Fsp3) is 0.600. The number of aliphatic hydroxyl groups excluding tert-OH is 1. The van der Waals surface area contributed by atoms with Crippen LogP contribution >= 0.6 is 0 Å². The first-order valence-electron chi connectivity index (χ1n) is 6.64. The van der Waals surface area contributed by atoms with Crippen LogP contribution in [0.15, 0.2) is 24.3 Å². The van der Waals surface area contributed by atoms with E-state index in [0.717, 1.165) is 24.8 Å². The Bertz CT molecular complexity index is 375. The molecule has 1 saturated carbocycles. The molecule has 1 nitrogen and oxygen atoms in total. The molecular weight excluding hydrogens is 234 g/mol. The van der Waals surface area contributed by atoms with E-state index >= 15 is 0 Å². The van der Waals surface area contributed by atoms with E-state index in [-0.39, 0.29) is 11.5 Å². The largest absolute Gasteiger partial charge is 0.388 e. The van der Waals surface area contributed by atoms with Crippen molar-refractivity contribution in [2.24, 2.45) is 11.8 Å². The predicted octanol–water partition coefficient (Wildman–Crippen LogP) is 4.48. The summed E-state index contributed by atoms with van der Waals surface area (Å²) in [6.07, 6.45) is 1.48. The van der Waals surface area contributed by atoms with Gasteiger partial charge in [0, 0.05) is 5.56 Å². The molecule has 2 rings (SSSR count). The van der Waals surface area contributed by atoms with Gasteiger partial charge in [-0.1, -0.05) is 44.0 Å². The van der Waals surface area contributed by atoms with Crippen LogP contribution in [0.1, 0.15) is 56.3 Å². The number of alkyl halides is 2. The van der Waals surface area contributed by atoms with E-state index in [4.69, 9.17) is 0 Å². The van der Waals surface area contributed by atoms with Gasteiger partial charge < -0.3 is 5.11 Å². The summed E-state index contributed by atoms with van der Waals surface area (Å²) in [5, 5.41) is 10.3. The Kier molecular flexibility index (Phi) is 4.33. The Morgan fingerprint density at radius 2 is 1.72 bits per heavy atom. The van der Waals surface area contributed by atoms with Gasteiger partial charge in [0.15, 0.2) is 0 Å². The molecule has 1 aromatic carbocycles. The van der Waals surface area contributed by atoms with E-state index in [0.29, 0.717) is 5.92 Å². The van der Waals surface area contributed by atoms with Gasteiger partial charge in [0.1, 0.15) is 0 Å². The lowest BCUT2D eigenvalue weighted by Crippen LogP contribution is -2.20. The van der Waals surface area contributed by atoms with Crippen LogP contribution in [0.25, 0.3) is 0 Å². The fourth-order valence-corrected chi connectivity index (χ4v) is 2.88. The second kappa shape index (κ2) is 5.79. The molecule has 3 atom stereocenters. The highest BCUT2D eigenvalue weighted by Crippen LogP contribution is 2.37. The van der Waals surface area contributed by atoms with E-state index in [2.05, 4.69) is 6.92 Å². The zero-order valence-electron chi connectivity index (χ0n) is 10.7. The normalized spacial score (nSPS) is 26.3. The topological polar surface area (TPSA) is 20.2 Å². The van der Waals surface area contributed by atoms with Crippen molar-refractivity contribution in [3.63, 3.8) is 0 Å². The minimum absolute atomic E-state index is 0.0166. The standard InChI is InChI=1S/C15H20F2O/c1-10-3-2-4-13(9-10)14(18)11-5-7-12(8-6-11)15(16)17/h5-8,10,13-15,18H,2-4,9H2,1H3. The first kappa shape index (κ1) is 13.5. The predicted molar refractivity (Wildman–Crippen MR) is 67.5 cm³/mol. The van der Waals surface area contributed by atoms with Crippen molar-refractivity contribution in [1.29, 1.82) is 0 Å². The molecule has 0 aliphatic heterocycles. The van der Waals surface area contributed by atoms with Crippen LogP contribution in [0.5, 0.6) is 0 Å².